The molecule has 0 amide bonds. The van der Waals surface area contributed by atoms with Gasteiger partial charge in [0.2, 0.25) is 0 Å². The first-order chi connectivity index (χ1) is 36.7. The van der Waals surface area contributed by atoms with Crippen LogP contribution in [0.4, 0.5) is 52.7 Å². The summed E-state index contributed by atoms with van der Waals surface area (Å²) in [4.78, 5) is 22.3. The first kappa shape index (κ1) is 67.2. The minimum absolute atomic E-state index is 0.0165. The number of rotatable bonds is 24. The molecule has 4 aromatic rings. The van der Waals surface area contributed by atoms with Gasteiger partial charge in [-0.1, -0.05) is 101 Å². The topological polar surface area (TPSA) is 119 Å². The standard InChI is InChI=1S/C29H34F6O5.C28H32F6O5/c1-7-26(8-2,23-11-12-24(20(4)16-23)39-17-25(36)38-6)22-10-9-21(19(3)15-22)13-14-27(28(30,31)32,29(33,34)35)40-18-37-5;1-6-25(7-2,22-10-11-23(19(4)15-22)38-16-24(35)36)21-9-8-20(18(3)14-21)12-13-26(27(29,30)31,28(32,33)34)39-17-37-5/h9-16H,7-8,17-18H2,1-6H3;8-15H,6-7,16-17H2,1-5H3,(H,35,36)/b14-13+;13-12+. The van der Waals surface area contributed by atoms with Crippen LogP contribution in [0.5, 0.6) is 11.5 Å². The Morgan fingerprint density at radius 1 is 0.468 bits per heavy atom. The highest BCUT2D eigenvalue weighted by Crippen LogP contribution is 2.50. The van der Waals surface area contributed by atoms with Crippen molar-refractivity contribution in [3.63, 3.8) is 0 Å². The third kappa shape index (κ3) is 15.2. The van der Waals surface area contributed by atoms with Gasteiger partial charge in [-0.15, -0.1) is 0 Å². The highest BCUT2D eigenvalue weighted by Gasteiger charge is 2.72. The maximum atomic E-state index is 13.7. The lowest BCUT2D eigenvalue weighted by Gasteiger charge is -2.35. The number of hydrogen-bond acceptors (Lipinski definition) is 9. The molecular weight excluding hydrogens is 1070 g/mol. The molecule has 22 heteroatoms. The van der Waals surface area contributed by atoms with Gasteiger partial charge < -0.3 is 38.3 Å². The van der Waals surface area contributed by atoms with Crippen molar-refractivity contribution in [2.75, 3.05) is 48.1 Å². The fourth-order valence-electron chi connectivity index (χ4n) is 9.18. The molecule has 79 heavy (non-hydrogen) atoms. The number of aryl methyl sites for hydroxylation is 4. The Morgan fingerprint density at radius 3 is 1.03 bits per heavy atom. The molecule has 1 N–H and O–H groups in total. The molecule has 0 aromatic heterocycles. The number of carboxylic acid groups (broad SMARTS) is 1. The number of aliphatic carboxylic acids is 1. The number of carbonyl (C=O) groups is 2. The maximum absolute atomic E-state index is 13.7. The molecule has 10 nitrogen and oxygen atoms in total. The number of methoxy groups -OCH3 is 3. The fraction of sp³-hybridized carbons (Fsp3) is 0.474. The Morgan fingerprint density at radius 2 is 0.772 bits per heavy atom. The zero-order chi connectivity index (χ0) is 60.0. The van der Waals surface area contributed by atoms with E-state index < -0.39 is 78.9 Å². The summed E-state index contributed by atoms with van der Waals surface area (Å²) in [7, 11) is 3.12. The van der Waals surface area contributed by atoms with Gasteiger partial charge in [-0.2, -0.15) is 52.7 Å². The first-order valence-electron chi connectivity index (χ1n) is 24.6. The van der Waals surface area contributed by atoms with Gasteiger partial charge in [0.05, 0.1) is 7.11 Å². The van der Waals surface area contributed by atoms with Crippen LogP contribution in [0.3, 0.4) is 0 Å². The summed E-state index contributed by atoms with van der Waals surface area (Å²) in [6.45, 7) is 11.7. The lowest BCUT2D eigenvalue weighted by molar-refractivity contribution is -0.372. The fourth-order valence-corrected chi connectivity index (χ4v) is 9.18. The SMILES string of the molecule is CCC(CC)(c1ccc(/C=C/C(OCOC)(C(F)(F)F)C(F)(F)F)c(C)c1)c1ccc(OCC(=O)O)c(C)c1.CCC(CC)(c1ccc(/C=C/C(OCOC)(C(F)(F)F)C(F)(F)F)c(C)c1)c1ccc(OCC(=O)OC)c(C)c1. The lowest BCUT2D eigenvalue weighted by Crippen LogP contribution is -2.57. The second-order valence-corrected chi connectivity index (χ2v) is 18.5. The van der Waals surface area contributed by atoms with Crippen molar-refractivity contribution in [2.24, 2.45) is 0 Å². The van der Waals surface area contributed by atoms with Gasteiger partial charge in [0.1, 0.15) is 25.1 Å². The van der Waals surface area contributed by atoms with Crippen LogP contribution in [0.1, 0.15) is 109 Å². The summed E-state index contributed by atoms with van der Waals surface area (Å²) in [6.07, 6.45) is -19.0. The molecule has 0 aliphatic rings. The predicted octanol–water partition coefficient (Wildman–Crippen LogP) is 14.8. The van der Waals surface area contributed by atoms with E-state index in [9.17, 15) is 62.3 Å². The second kappa shape index (κ2) is 27.4. The van der Waals surface area contributed by atoms with Crippen LogP contribution in [0.2, 0.25) is 0 Å². The molecule has 0 saturated carbocycles. The highest BCUT2D eigenvalue weighted by molar-refractivity contribution is 5.71. The molecule has 0 atom stereocenters. The van der Waals surface area contributed by atoms with Crippen molar-refractivity contribution in [1.29, 1.82) is 0 Å². The molecule has 0 bridgehead atoms. The van der Waals surface area contributed by atoms with E-state index >= 15 is 0 Å². The van der Waals surface area contributed by atoms with Gasteiger partial charge in [-0.25, -0.2) is 9.59 Å². The number of ether oxygens (including phenoxy) is 7. The summed E-state index contributed by atoms with van der Waals surface area (Å²) in [5.41, 5.74) is -3.75. The van der Waals surface area contributed by atoms with E-state index in [0.29, 0.717) is 48.3 Å². The Kier molecular flexibility index (Phi) is 23.3. The van der Waals surface area contributed by atoms with Crippen molar-refractivity contribution in [3.05, 3.63) is 141 Å². The quantitative estimate of drug-likeness (QED) is 0.0413. The second-order valence-electron chi connectivity index (χ2n) is 18.5. The van der Waals surface area contributed by atoms with E-state index in [0.717, 1.165) is 59.8 Å². The highest BCUT2D eigenvalue weighted by atomic mass is 19.4. The molecule has 0 radical (unpaired) electrons. The lowest BCUT2D eigenvalue weighted by atomic mass is 9.70. The van der Waals surface area contributed by atoms with Gasteiger partial charge in [0.15, 0.2) is 13.2 Å². The number of hydrogen-bond donors (Lipinski definition) is 1. The van der Waals surface area contributed by atoms with Crippen LogP contribution in [-0.2, 0) is 44.1 Å². The largest absolute Gasteiger partial charge is 0.482 e. The Hall–Kier alpha value is -6.10. The van der Waals surface area contributed by atoms with E-state index in [1.165, 1.54) is 19.2 Å². The zero-order valence-electron chi connectivity index (χ0n) is 45.6. The van der Waals surface area contributed by atoms with Gasteiger partial charge in [0, 0.05) is 25.0 Å². The van der Waals surface area contributed by atoms with Crippen LogP contribution < -0.4 is 9.47 Å². The van der Waals surface area contributed by atoms with Crippen LogP contribution in [0.15, 0.2) is 84.9 Å². The number of carboxylic acids is 1. The molecule has 4 aromatic carbocycles. The van der Waals surface area contributed by atoms with Gasteiger partial charge in [-0.3, -0.25) is 0 Å². The normalized spacial score (nSPS) is 13.2. The molecule has 0 aliphatic carbocycles. The van der Waals surface area contributed by atoms with Gasteiger partial charge in [-0.05, 0) is 133 Å². The summed E-state index contributed by atoms with van der Waals surface area (Å²) >= 11 is 0. The summed E-state index contributed by atoms with van der Waals surface area (Å²) in [5.74, 6) is -0.683. The average Bonchev–Trinajstić information content (AvgIpc) is 3.36. The molecule has 4 rings (SSSR count). The molecule has 0 aliphatic heterocycles. The van der Waals surface area contributed by atoms with Crippen molar-refractivity contribution in [3.8, 4) is 11.5 Å². The Bertz CT molecular complexity index is 2690. The number of esters is 1. The molecule has 0 fully saturated rings. The van der Waals surface area contributed by atoms with Crippen LogP contribution in [0, 0.1) is 27.7 Å². The van der Waals surface area contributed by atoms with E-state index in [4.69, 9.17) is 14.6 Å². The van der Waals surface area contributed by atoms with Crippen molar-refractivity contribution in [1.82, 2.24) is 0 Å². The number of carbonyl (C=O) groups excluding carboxylic acids is 1. The molecular formula is C57H66F12O10. The average molecular weight is 1140 g/mol. The third-order valence-corrected chi connectivity index (χ3v) is 13.9. The number of halogens is 12. The number of alkyl halides is 12. The summed E-state index contributed by atoms with van der Waals surface area (Å²) in [6, 6.07) is 20.9. The molecule has 438 valence electrons. The van der Waals surface area contributed by atoms with Crippen molar-refractivity contribution >= 4 is 24.1 Å². The summed E-state index contributed by atoms with van der Waals surface area (Å²) < 4.78 is 197. The number of benzene rings is 4. The van der Waals surface area contributed by atoms with E-state index in [1.807, 2.05) is 58.9 Å². The Labute approximate surface area is 451 Å². The van der Waals surface area contributed by atoms with Crippen molar-refractivity contribution < 1.29 is 101 Å². The van der Waals surface area contributed by atoms with E-state index in [-0.39, 0.29) is 29.9 Å². The molecule has 0 spiro atoms. The van der Waals surface area contributed by atoms with E-state index in [1.54, 1.807) is 57.2 Å². The Balaban J connectivity index is 0.000000415. The summed E-state index contributed by atoms with van der Waals surface area (Å²) in [5, 5.41) is 8.87. The van der Waals surface area contributed by atoms with Crippen LogP contribution in [-0.4, -0.2) is 101 Å². The van der Waals surface area contributed by atoms with E-state index in [2.05, 4.69) is 23.7 Å². The smallest absolute Gasteiger partial charge is 0.430 e. The monoisotopic (exact) mass is 1140 g/mol. The first-order valence-corrected chi connectivity index (χ1v) is 24.6. The third-order valence-electron chi connectivity index (χ3n) is 13.9. The van der Waals surface area contributed by atoms with Gasteiger partial charge in [0.25, 0.3) is 11.2 Å². The van der Waals surface area contributed by atoms with Crippen molar-refractivity contribution in [2.45, 2.75) is 128 Å². The minimum Gasteiger partial charge on any atom is -0.482 e. The van der Waals surface area contributed by atoms with Crippen LogP contribution in [0.25, 0.3) is 12.2 Å². The van der Waals surface area contributed by atoms with Gasteiger partial charge >= 0.3 is 36.6 Å². The zero-order valence-corrected chi connectivity index (χ0v) is 45.6. The van der Waals surface area contributed by atoms with Crippen LogP contribution >= 0.6 is 0 Å². The molecule has 0 saturated heterocycles. The molecule has 0 heterocycles. The maximum Gasteiger partial charge on any atom is 0.430 e. The predicted molar refractivity (Wildman–Crippen MR) is 272 cm³/mol. The minimum atomic E-state index is -5.79. The molecule has 0 unspecified atom stereocenters.